The molecule has 3 rings (SSSR count). The van der Waals surface area contributed by atoms with Crippen molar-refractivity contribution in [2.75, 3.05) is 0 Å². The summed E-state index contributed by atoms with van der Waals surface area (Å²) >= 11 is 0. The molecule has 0 aliphatic carbocycles. The monoisotopic (exact) mass is 295 g/mol. The number of cyclic esters (lactones) is 2. The first-order chi connectivity index (χ1) is 10.4. The topological polar surface area (TPSA) is 76.4 Å². The van der Waals surface area contributed by atoms with Crippen LogP contribution in [0, 0.1) is 11.3 Å². The number of hydrogen-bond donors (Lipinski definition) is 0. The average molecular weight is 295 g/mol. The van der Waals surface area contributed by atoms with Crippen molar-refractivity contribution in [1.82, 2.24) is 0 Å². The molecule has 0 amide bonds. The molecule has 0 saturated heterocycles. The molecule has 0 N–H and O–H groups in total. The summed E-state index contributed by atoms with van der Waals surface area (Å²) < 4.78 is 10.5. The molecule has 0 bridgehead atoms. The third-order valence-corrected chi connectivity index (χ3v) is 3.54. The van der Waals surface area contributed by atoms with E-state index in [1.54, 1.807) is 44.2 Å². The second-order valence-electron chi connectivity index (χ2n) is 5.78. The Morgan fingerprint density at radius 1 is 1.18 bits per heavy atom. The second-order valence-corrected chi connectivity index (χ2v) is 5.78. The summed E-state index contributed by atoms with van der Waals surface area (Å²) in [6.07, 6.45) is 1.97. The number of nitrogens with zero attached hydrogens (tertiary/aromatic N) is 1. The first-order valence-electron chi connectivity index (χ1n) is 6.81. The third-order valence-electron chi connectivity index (χ3n) is 3.54. The van der Waals surface area contributed by atoms with Crippen LogP contribution in [0.25, 0.3) is 5.76 Å². The summed E-state index contributed by atoms with van der Waals surface area (Å²) in [5.74, 6) is -0.726. The van der Waals surface area contributed by atoms with Crippen LogP contribution in [-0.4, -0.2) is 17.5 Å². The molecule has 0 fully saturated rings. The van der Waals surface area contributed by atoms with E-state index in [0.29, 0.717) is 28.9 Å². The Morgan fingerprint density at radius 3 is 2.55 bits per heavy atom. The van der Waals surface area contributed by atoms with Gasteiger partial charge in [-0.3, -0.25) is 0 Å². The smallest absolute Gasteiger partial charge is 0.349 e. The third kappa shape index (κ3) is 2.29. The van der Waals surface area contributed by atoms with Crippen LogP contribution in [0.3, 0.4) is 0 Å². The van der Waals surface area contributed by atoms with Crippen LogP contribution in [0.5, 0.6) is 0 Å². The Balaban J connectivity index is 2.10. The van der Waals surface area contributed by atoms with Crippen LogP contribution in [0.1, 0.15) is 36.2 Å². The Kier molecular flexibility index (Phi) is 3.10. The summed E-state index contributed by atoms with van der Waals surface area (Å²) in [6.45, 7) is 3.54. The molecule has 5 heteroatoms. The normalized spacial score (nSPS) is 21.2. The van der Waals surface area contributed by atoms with E-state index in [-0.39, 0.29) is 5.57 Å². The van der Waals surface area contributed by atoms with Gasteiger partial charge in [0, 0.05) is 12.0 Å². The molecule has 0 atom stereocenters. The van der Waals surface area contributed by atoms with Gasteiger partial charge in [-0.2, -0.15) is 5.26 Å². The van der Waals surface area contributed by atoms with Gasteiger partial charge in [-0.05, 0) is 31.6 Å². The Hall–Kier alpha value is -2.87. The van der Waals surface area contributed by atoms with Crippen molar-refractivity contribution in [3.63, 3.8) is 0 Å². The van der Waals surface area contributed by atoms with Crippen molar-refractivity contribution in [3.05, 3.63) is 52.6 Å². The fourth-order valence-electron chi connectivity index (χ4n) is 2.61. The number of benzene rings is 1. The zero-order valence-electron chi connectivity index (χ0n) is 12.2. The zero-order chi connectivity index (χ0) is 15.9. The molecule has 5 nitrogen and oxygen atoms in total. The van der Waals surface area contributed by atoms with Gasteiger partial charge in [0.15, 0.2) is 0 Å². The quantitative estimate of drug-likeness (QED) is 0.744. The number of ether oxygens (including phenoxy) is 2. The Morgan fingerprint density at radius 2 is 1.86 bits per heavy atom. The molecule has 2 aliphatic rings. The maximum absolute atomic E-state index is 11.9. The number of carbonyl (C=O) groups is 2. The highest BCUT2D eigenvalue weighted by Gasteiger charge is 2.35. The van der Waals surface area contributed by atoms with E-state index in [1.807, 2.05) is 6.07 Å². The summed E-state index contributed by atoms with van der Waals surface area (Å²) in [5.41, 5.74) is 0.904. The van der Waals surface area contributed by atoms with Crippen LogP contribution < -0.4 is 0 Å². The standard InChI is InChI=1S/C17H13NO4/c1-17(2)8-10(13(9-18)16(20)22-17)7-14-11-5-3-4-6-12(11)15(19)21-14/h3-7H,8H2,1-2H3/b14-7+. The highest BCUT2D eigenvalue weighted by atomic mass is 16.6. The van der Waals surface area contributed by atoms with Crippen LogP contribution in [-0.2, 0) is 14.3 Å². The van der Waals surface area contributed by atoms with Gasteiger partial charge < -0.3 is 9.47 Å². The average Bonchev–Trinajstić information content (AvgIpc) is 2.75. The molecule has 0 saturated carbocycles. The lowest BCUT2D eigenvalue weighted by atomic mass is 9.90. The number of allylic oxidation sites excluding steroid dienone is 1. The van der Waals surface area contributed by atoms with Gasteiger partial charge in [-0.1, -0.05) is 18.2 Å². The lowest BCUT2D eigenvalue weighted by molar-refractivity contribution is -0.152. The van der Waals surface area contributed by atoms with Gasteiger partial charge in [0.25, 0.3) is 0 Å². The minimum atomic E-state index is -0.702. The molecular formula is C17H13NO4. The van der Waals surface area contributed by atoms with Crippen molar-refractivity contribution in [2.45, 2.75) is 25.9 Å². The maximum atomic E-state index is 11.9. The predicted molar refractivity (Wildman–Crippen MR) is 77.3 cm³/mol. The van der Waals surface area contributed by atoms with Gasteiger partial charge in [0.1, 0.15) is 23.0 Å². The number of carbonyl (C=O) groups excluding carboxylic acids is 2. The highest BCUT2D eigenvalue weighted by molar-refractivity contribution is 6.03. The summed E-state index contributed by atoms with van der Waals surface area (Å²) in [4.78, 5) is 23.7. The number of fused-ring (bicyclic) bond motifs is 1. The molecule has 1 aromatic rings. The van der Waals surface area contributed by atoms with Crippen LogP contribution in [0.4, 0.5) is 0 Å². The number of hydrogen-bond acceptors (Lipinski definition) is 5. The minimum absolute atomic E-state index is 0.0488. The molecular weight excluding hydrogens is 282 g/mol. The molecule has 0 spiro atoms. The highest BCUT2D eigenvalue weighted by Crippen LogP contribution is 2.35. The van der Waals surface area contributed by atoms with Gasteiger partial charge in [0.05, 0.1) is 5.56 Å². The van der Waals surface area contributed by atoms with Gasteiger partial charge >= 0.3 is 11.9 Å². The number of rotatable bonds is 1. The Bertz CT molecular complexity index is 793. The SMILES string of the molecule is CC1(C)CC(/C=C2/OC(=O)c3ccccc32)=C(C#N)C(=O)O1. The van der Waals surface area contributed by atoms with E-state index in [2.05, 4.69) is 0 Å². The molecule has 0 aromatic heterocycles. The van der Waals surface area contributed by atoms with Crippen molar-refractivity contribution < 1.29 is 19.1 Å². The van der Waals surface area contributed by atoms with Gasteiger partial charge in [-0.15, -0.1) is 0 Å². The molecule has 110 valence electrons. The second kappa shape index (κ2) is 4.85. The Labute approximate surface area is 127 Å². The number of nitriles is 1. The van der Waals surface area contributed by atoms with Gasteiger partial charge in [0.2, 0.25) is 0 Å². The summed E-state index contributed by atoms with van der Waals surface area (Å²) in [7, 11) is 0. The van der Waals surface area contributed by atoms with E-state index in [0.717, 1.165) is 0 Å². The van der Waals surface area contributed by atoms with Gasteiger partial charge in [-0.25, -0.2) is 9.59 Å². The van der Waals surface area contributed by atoms with E-state index in [1.165, 1.54) is 0 Å². The van der Waals surface area contributed by atoms with E-state index in [4.69, 9.17) is 9.47 Å². The first-order valence-corrected chi connectivity index (χ1v) is 6.81. The van der Waals surface area contributed by atoms with E-state index in [9.17, 15) is 14.9 Å². The molecule has 0 radical (unpaired) electrons. The van der Waals surface area contributed by atoms with Crippen LogP contribution in [0.15, 0.2) is 41.5 Å². The maximum Gasteiger partial charge on any atom is 0.349 e. The zero-order valence-corrected chi connectivity index (χ0v) is 12.2. The molecule has 2 heterocycles. The minimum Gasteiger partial charge on any atom is -0.455 e. The molecule has 2 aliphatic heterocycles. The lowest BCUT2D eigenvalue weighted by Crippen LogP contribution is -2.33. The molecule has 0 unspecified atom stereocenters. The molecule has 22 heavy (non-hydrogen) atoms. The fraction of sp³-hybridized carbons (Fsp3) is 0.235. The summed E-state index contributed by atoms with van der Waals surface area (Å²) in [5, 5.41) is 9.18. The first kappa shape index (κ1) is 14.1. The lowest BCUT2D eigenvalue weighted by Gasteiger charge is -2.30. The van der Waals surface area contributed by atoms with Crippen LogP contribution >= 0.6 is 0 Å². The van der Waals surface area contributed by atoms with Crippen molar-refractivity contribution in [3.8, 4) is 6.07 Å². The largest absolute Gasteiger partial charge is 0.455 e. The predicted octanol–water partition coefficient (Wildman–Crippen LogP) is 2.74. The fourth-order valence-corrected chi connectivity index (χ4v) is 2.61. The number of esters is 2. The van der Waals surface area contributed by atoms with Crippen molar-refractivity contribution >= 4 is 17.7 Å². The van der Waals surface area contributed by atoms with E-state index >= 15 is 0 Å². The van der Waals surface area contributed by atoms with E-state index < -0.39 is 17.5 Å². The van der Waals surface area contributed by atoms with Crippen molar-refractivity contribution in [1.29, 1.82) is 5.26 Å². The van der Waals surface area contributed by atoms with Crippen molar-refractivity contribution in [2.24, 2.45) is 0 Å². The molecule has 1 aromatic carbocycles. The van der Waals surface area contributed by atoms with Crippen LogP contribution in [0.2, 0.25) is 0 Å². The summed E-state index contributed by atoms with van der Waals surface area (Å²) in [6, 6.07) is 8.87.